The molecule has 1 aliphatic rings. The van der Waals surface area contributed by atoms with Gasteiger partial charge in [-0.1, -0.05) is 11.6 Å². The van der Waals surface area contributed by atoms with Gasteiger partial charge in [-0.05, 0) is 26.0 Å². The number of aromatic nitrogens is 1. The monoisotopic (exact) mass is 242 g/mol. The van der Waals surface area contributed by atoms with Crippen LogP contribution in [0.25, 0.3) is 10.9 Å². The number of nitrogens with one attached hydrogen (secondary N) is 1. The molecule has 18 heavy (non-hydrogen) atoms. The Morgan fingerprint density at radius 3 is 3.11 bits per heavy atom. The summed E-state index contributed by atoms with van der Waals surface area (Å²) in [5, 5.41) is 4.70. The third kappa shape index (κ3) is 1.85. The second-order valence-corrected chi connectivity index (χ2v) is 4.77. The Balaban J connectivity index is 2.30. The summed E-state index contributed by atoms with van der Waals surface area (Å²) >= 11 is 0. The van der Waals surface area contributed by atoms with Gasteiger partial charge in [-0.3, -0.25) is 4.98 Å². The minimum Gasteiger partial charge on any atom is -0.384 e. The van der Waals surface area contributed by atoms with Crippen LogP contribution in [0.3, 0.4) is 0 Å². The van der Waals surface area contributed by atoms with E-state index in [4.69, 9.17) is 9.72 Å². The van der Waals surface area contributed by atoms with Gasteiger partial charge in [0.1, 0.15) is 0 Å². The zero-order chi connectivity index (χ0) is 12.5. The average Bonchev–Trinajstić information content (AvgIpc) is 2.39. The van der Waals surface area contributed by atoms with E-state index in [0.29, 0.717) is 6.61 Å². The van der Waals surface area contributed by atoms with Gasteiger partial charge in [0.05, 0.1) is 30.1 Å². The van der Waals surface area contributed by atoms with Crippen LogP contribution < -0.4 is 5.32 Å². The zero-order valence-electron chi connectivity index (χ0n) is 10.9. The van der Waals surface area contributed by atoms with Crippen molar-refractivity contribution in [2.75, 3.05) is 18.5 Å². The highest BCUT2D eigenvalue weighted by atomic mass is 16.5. The van der Waals surface area contributed by atoms with Gasteiger partial charge in [0, 0.05) is 23.9 Å². The van der Waals surface area contributed by atoms with Crippen molar-refractivity contribution in [3.8, 4) is 0 Å². The van der Waals surface area contributed by atoms with Gasteiger partial charge in [0.2, 0.25) is 0 Å². The van der Waals surface area contributed by atoms with Crippen molar-refractivity contribution in [1.82, 2.24) is 4.98 Å². The van der Waals surface area contributed by atoms with E-state index in [1.807, 2.05) is 0 Å². The van der Waals surface area contributed by atoms with Crippen LogP contribution in [0.15, 0.2) is 18.2 Å². The van der Waals surface area contributed by atoms with Crippen LogP contribution in [-0.4, -0.2) is 18.1 Å². The fourth-order valence-corrected chi connectivity index (χ4v) is 2.55. The van der Waals surface area contributed by atoms with Crippen molar-refractivity contribution < 1.29 is 4.74 Å². The Kier molecular flexibility index (Phi) is 2.92. The Morgan fingerprint density at radius 2 is 2.28 bits per heavy atom. The van der Waals surface area contributed by atoms with E-state index >= 15 is 0 Å². The number of nitrogens with zero attached hydrogens (tertiary/aromatic N) is 1. The molecule has 0 spiro atoms. The van der Waals surface area contributed by atoms with Crippen LogP contribution in [0.2, 0.25) is 0 Å². The van der Waals surface area contributed by atoms with Crippen molar-refractivity contribution in [3.05, 3.63) is 35.0 Å². The van der Waals surface area contributed by atoms with E-state index in [0.717, 1.165) is 25.1 Å². The lowest BCUT2D eigenvalue weighted by Crippen LogP contribution is -2.15. The second-order valence-electron chi connectivity index (χ2n) is 4.77. The molecule has 0 radical (unpaired) electrons. The number of rotatable bonds is 2. The molecule has 0 unspecified atom stereocenters. The van der Waals surface area contributed by atoms with Crippen LogP contribution in [0.4, 0.5) is 5.69 Å². The van der Waals surface area contributed by atoms with Crippen molar-refractivity contribution in [2.24, 2.45) is 0 Å². The maximum atomic E-state index is 5.58. The van der Waals surface area contributed by atoms with Gasteiger partial charge < -0.3 is 10.1 Å². The topological polar surface area (TPSA) is 34.2 Å². The van der Waals surface area contributed by atoms with E-state index < -0.39 is 0 Å². The highest BCUT2D eigenvalue weighted by Gasteiger charge is 2.18. The largest absolute Gasteiger partial charge is 0.384 e. The molecule has 1 N–H and O–H groups in total. The fraction of sp³-hybridized carbons (Fsp3) is 0.400. The minimum absolute atomic E-state index is 0.675. The molecule has 0 fully saturated rings. The third-order valence-electron chi connectivity index (χ3n) is 3.41. The first kappa shape index (κ1) is 11.5. The maximum Gasteiger partial charge on any atom is 0.0755 e. The standard InChI is InChI=1S/C15H18N2O/c1-3-16-15-11-8-10(2)4-5-13(11)17-14-6-7-18-9-12(14)15/h4-5,8H,3,6-7,9H2,1-2H3,(H,16,17). The molecule has 1 aliphatic heterocycles. The molecule has 0 bridgehead atoms. The summed E-state index contributed by atoms with van der Waals surface area (Å²) in [5.41, 5.74) is 5.98. The van der Waals surface area contributed by atoms with E-state index in [9.17, 15) is 0 Å². The van der Waals surface area contributed by atoms with Crippen LogP contribution >= 0.6 is 0 Å². The molecule has 0 amide bonds. The molecule has 0 aliphatic carbocycles. The zero-order valence-corrected chi connectivity index (χ0v) is 10.9. The smallest absolute Gasteiger partial charge is 0.0755 e. The van der Waals surface area contributed by atoms with Crippen molar-refractivity contribution in [2.45, 2.75) is 26.9 Å². The number of benzene rings is 1. The number of ether oxygens (including phenoxy) is 1. The first-order valence-electron chi connectivity index (χ1n) is 6.53. The number of pyridine rings is 1. The number of fused-ring (bicyclic) bond motifs is 2. The predicted octanol–water partition coefficient (Wildman–Crippen LogP) is 3.05. The molecule has 94 valence electrons. The summed E-state index contributed by atoms with van der Waals surface area (Å²) in [6, 6.07) is 6.44. The minimum atomic E-state index is 0.675. The van der Waals surface area contributed by atoms with Crippen molar-refractivity contribution >= 4 is 16.6 Å². The Bertz CT molecular complexity index is 593. The van der Waals surface area contributed by atoms with Gasteiger partial charge in [0.15, 0.2) is 0 Å². The maximum absolute atomic E-state index is 5.58. The average molecular weight is 242 g/mol. The van der Waals surface area contributed by atoms with Gasteiger partial charge in [0.25, 0.3) is 0 Å². The van der Waals surface area contributed by atoms with Gasteiger partial charge in [-0.25, -0.2) is 0 Å². The molecule has 3 rings (SSSR count). The van der Waals surface area contributed by atoms with Gasteiger partial charge >= 0.3 is 0 Å². The Labute approximate surface area is 107 Å². The Hall–Kier alpha value is -1.61. The molecule has 3 nitrogen and oxygen atoms in total. The molecule has 0 saturated heterocycles. The number of anilines is 1. The van der Waals surface area contributed by atoms with Crippen molar-refractivity contribution in [1.29, 1.82) is 0 Å². The van der Waals surface area contributed by atoms with Crippen LogP contribution in [-0.2, 0) is 17.8 Å². The van der Waals surface area contributed by atoms with Crippen molar-refractivity contribution in [3.63, 3.8) is 0 Å². The molecule has 2 heterocycles. The molecule has 0 saturated carbocycles. The van der Waals surface area contributed by atoms with Crippen LogP contribution in [0.1, 0.15) is 23.7 Å². The molecule has 3 heteroatoms. The highest BCUT2D eigenvalue weighted by Crippen LogP contribution is 2.31. The summed E-state index contributed by atoms with van der Waals surface area (Å²) in [5.74, 6) is 0. The molecular weight excluding hydrogens is 224 g/mol. The normalized spacial score (nSPS) is 14.6. The summed E-state index contributed by atoms with van der Waals surface area (Å²) in [6.07, 6.45) is 0.914. The quantitative estimate of drug-likeness (QED) is 0.879. The predicted molar refractivity (Wildman–Crippen MR) is 74.0 cm³/mol. The number of aryl methyl sites for hydroxylation is 1. The molecule has 1 aromatic heterocycles. The van der Waals surface area contributed by atoms with Gasteiger partial charge in [-0.2, -0.15) is 0 Å². The number of hydrogen-bond donors (Lipinski definition) is 1. The summed E-state index contributed by atoms with van der Waals surface area (Å²) in [6.45, 7) is 6.61. The fourth-order valence-electron chi connectivity index (χ4n) is 2.55. The molecular formula is C15H18N2O. The number of hydrogen-bond acceptors (Lipinski definition) is 3. The summed E-state index contributed by atoms with van der Waals surface area (Å²) < 4.78 is 5.58. The van der Waals surface area contributed by atoms with Crippen LogP contribution in [0.5, 0.6) is 0 Å². The van der Waals surface area contributed by atoms with E-state index in [1.54, 1.807) is 0 Å². The Morgan fingerprint density at radius 1 is 1.39 bits per heavy atom. The lowest BCUT2D eigenvalue weighted by Gasteiger charge is -2.21. The summed E-state index contributed by atoms with van der Waals surface area (Å²) in [4.78, 5) is 4.78. The lowest BCUT2D eigenvalue weighted by atomic mass is 10.0. The first-order valence-corrected chi connectivity index (χ1v) is 6.53. The highest BCUT2D eigenvalue weighted by molar-refractivity contribution is 5.94. The van der Waals surface area contributed by atoms with E-state index in [-0.39, 0.29) is 0 Å². The molecule has 1 aromatic carbocycles. The molecule has 0 atom stereocenters. The summed E-state index contributed by atoms with van der Waals surface area (Å²) in [7, 11) is 0. The van der Waals surface area contributed by atoms with Crippen LogP contribution in [0, 0.1) is 6.92 Å². The van der Waals surface area contributed by atoms with E-state index in [1.165, 1.54) is 27.9 Å². The third-order valence-corrected chi connectivity index (χ3v) is 3.41. The second kappa shape index (κ2) is 4.58. The first-order chi connectivity index (χ1) is 8.79. The van der Waals surface area contributed by atoms with Gasteiger partial charge in [-0.15, -0.1) is 0 Å². The lowest BCUT2D eigenvalue weighted by molar-refractivity contribution is 0.110. The SMILES string of the molecule is CCNc1c2c(nc3ccc(C)cc13)CCOC2. The van der Waals surface area contributed by atoms with E-state index in [2.05, 4.69) is 37.4 Å². The molecule has 2 aromatic rings.